The predicted molar refractivity (Wildman–Crippen MR) is 86.4 cm³/mol. The number of aromatic nitrogens is 1. The molecule has 0 saturated carbocycles. The predicted octanol–water partition coefficient (Wildman–Crippen LogP) is 4.58. The molecule has 108 valence electrons. The SMILES string of the molecule is CCC(CC)(CNC(C)(C)C)Cc1cncc(Br)c1. The molecular weight excluding hydrogens is 300 g/mol. The average molecular weight is 327 g/mol. The number of halogens is 1. The molecule has 0 fully saturated rings. The third-order valence-corrected chi connectivity index (χ3v) is 4.27. The summed E-state index contributed by atoms with van der Waals surface area (Å²) in [5, 5.41) is 3.67. The fourth-order valence-corrected chi connectivity index (χ4v) is 2.66. The molecule has 1 rings (SSSR count). The van der Waals surface area contributed by atoms with Crippen LogP contribution < -0.4 is 5.32 Å². The van der Waals surface area contributed by atoms with E-state index in [1.54, 1.807) is 0 Å². The van der Waals surface area contributed by atoms with Crippen molar-refractivity contribution >= 4 is 15.9 Å². The highest BCUT2D eigenvalue weighted by Gasteiger charge is 2.28. The normalized spacial score (nSPS) is 12.7. The zero-order valence-corrected chi connectivity index (χ0v) is 14.5. The molecule has 0 atom stereocenters. The zero-order chi connectivity index (χ0) is 14.5. The van der Waals surface area contributed by atoms with Crippen LogP contribution in [-0.2, 0) is 6.42 Å². The molecule has 1 N–H and O–H groups in total. The van der Waals surface area contributed by atoms with Crippen LogP contribution in [0.1, 0.15) is 53.0 Å². The highest BCUT2D eigenvalue weighted by atomic mass is 79.9. The van der Waals surface area contributed by atoms with Crippen LogP contribution in [0.3, 0.4) is 0 Å². The third-order valence-electron chi connectivity index (χ3n) is 3.83. The smallest absolute Gasteiger partial charge is 0.0410 e. The van der Waals surface area contributed by atoms with Gasteiger partial charge in [0.25, 0.3) is 0 Å². The maximum absolute atomic E-state index is 4.28. The van der Waals surface area contributed by atoms with Crippen molar-refractivity contribution in [1.82, 2.24) is 10.3 Å². The van der Waals surface area contributed by atoms with Gasteiger partial charge in [0.15, 0.2) is 0 Å². The van der Waals surface area contributed by atoms with Gasteiger partial charge < -0.3 is 5.32 Å². The first-order chi connectivity index (χ1) is 8.80. The molecule has 0 aliphatic rings. The summed E-state index contributed by atoms with van der Waals surface area (Å²) in [6.45, 7) is 12.3. The summed E-state index contributed by atoms with van der Waals surface area (Å²) < 4.78 is 1.06. The fourth-order valence-electron chi connectivity index (χ4n) is 2.25. The van der Waals surface area contributed by atoms with E-state index in [2.05, 4.69) is 66.9 Å². The number of nitrogens with zero attached hydrogens (tertiary/aromatic N) is 1. The van der Waals surface area contributed by atoms with E-state index < -0.39 is 0 Å². The first-order valence-corrected chi connectivity index (χ1v) is 7.94. The molecule has 0 amide bonds. The Morgan fingerprint density at radius 1 is 1.16 bits per heavy atom. The number of pyridine rings is 1. The van der Waals surface area contributed by atoms with Crippen molar-refractivity contribution < 1.29 is 0 Å². The van der Waals surface area contributed by atoms with Crippen molar-refractivity contribution in [3.63, 3.8) is 0 Å². The van der Waals surface area contributed by atoms with Gasteiger partial charge in [-0.1, -0.05) is 13.8 Å². The van der Waals surface area contributed by atoms with Crippen LogP contribution in [0.25, 0.3) is 0 Å². The molecule has 0 radical (unpaired) electrons. The minimum absolute atomic E-state index is 0.172. The van der Waals surface area contributed by atoms with Crippen LogP contribution in [0.2, 0.25) is 0 Å². The quantitative estimate of drug-likeness (QED) is 0.827. The highest BCUT2D eigenvalue weighted by molar-refractivity contribution is 9.10. The Morgan fingerprint density at radius 3 is 2.26 bits per heavy atom. The van der Waals surface area contributed by atoms with Crippen LogP contribution in [-0.4, -0.2) is 17.1 Å². The van der Waals surface area contributed by atoms with Gasteiger partial charge in [0.1, 0.15) is 0 Å². The Morgan fingerprint density at radius 2 is 1.79 bits per heavy atom. The van der Waals surface area contributed by atoms with Crippen molar-refractivity contribution in [2.24, 2.45) is 5.41 Å². The van der Waals surface area contributed by atoms with Gasteiger partial charge in [0, 0.05) is 29.0 Å². The van der Waals surface area contributed by atoms with Gasteiger partial charge in [0.2, 0.25) is 0 Å². The molecule has 3 heteroatoms. The first kappa shape index (κ1) is 16.6. The average Bonchev–Trinajstić information content (AvgIpc) is 2.34. The molecule has 0 unspecified atom stereocenters. The first-order valence-electron chi connectivity index (χ1n) is 7.15. The maximum atomic E-state index is 4.28. The lowest BCUT2D eigenvalue weighted by Crippen LogP contribution is -2.44. The maximum Gasteiger partial charge on any atom is 0.0410 e. The van der Waals surface area contributed by atoms with Crippen molar-refractivity contribution in [2.45, 2.75) is 59.4 Å². The van der Waals surface area contributed by atoms with E-state index in [9.17, 15) is 0 Å². The molecule has 1 aromatic heterocycles. The lowest BCUT2D eigenvalue weighted by Gasteiger charge is -2.35. The minimum Gasteiger partial charge on any atom is -0.312 e. The van der Waals surface area contributed by atoms with Crippen LogP contribution in [0, 0.1) is 5.41 Å². The Balaban J connectivity index is 2.81. The van der Waals surface area contributed by atoms with E-state index >= 15 is 0 Å². The lowest BCUT2D eigenvalue weighted by molar-refractivity contribution is 0.220. The molecule has 0 aromatic carbocycles. The van der Waals surface area contributed by atoms with Crippen molar-refractivity contribution in [3.8, 4) is 0 Å². The second kappa shape index (κ2) is 6.85. The molecule has 1 aromatic rings. The van der Waals surface area contributed by atoms with Crippen LogP contribution in [0.5, 0.6) is 0 Å². The summed E-state index contributed by atoms with van der Waals surface area (Å²) in [5.74, 6) is 0. The summed E-state index contributed by atoms with van der Waals surface area (Å²) in [6, 6.07) is 2.18. The summed E-state index contributed by atoms with van der Waals surface area (Å²) in [4.78, 5) is 4.28. The second-order valence-corrected chi connectivity index (χ2v) is 7.41. The number of hydrogen-bond donors (Lipinski definition) is 1. The summed E-state index contributed by atoms with van der Waals surface area (Å²) in [5.41, 5.74) is 1.80. The van der Waals surface area contributed by atoms with Gasteiger partial charge in [-0.15, -0.1) is 0 Å². The molecule has 2 nitrogen and oxygen atoms in total. The number of nitrogens with one attached hydrogen (secondary N) is 1. The topological polar surface area (TPSA) is 24.9 Å². The fraction of sp³-hybridized carbons (Fsp3) is 0.688. The van der Waals surface area contributed by atoms with E-state index in [-0.39, 0.29) is 5.54 Å². The van der Waals surface area contributed by atoms with E-state index in [0.29, 0.717) is 5.41 Å². The van der Waals surface area contributed by atoms with Crippen LogP contribution in [0.15, 0.2) is 22.9 Å². The Labute approximate surface area is 126 Å². The van der Waals surface area contributed by atoms with Gasteiger partial charge in [-0.3, -0.25) is 4.98 Å². The highest BCUT2D eigenvalue weighted by Crippen LogP contribution is 2.31. The Bertz CT molecular complexity index is 392. The van der Waals surface area contributed by atoms with Gasteiger partial charge >= 0.3 is 0 Å². The second-order valence-electron chi connectivity index (χ2n) is 6.50. The monoisotopic (exact) mass is 326 g/mol. The van der Waals surface area contributed by atoms with Gasteiger partial charge in [0.05, 0.1) is 0 Å². The van der Waals surface area contributed by atoms with E-state index in [1.807, 2.05) is 12.4 Å². The van der Waals surface area contributed by atoms with Crippen LogP contribution >= 0.6 is 15.9 Å². The van der Waals surface area contributed by atoms with E-state index in [0.717, 1.165) is 17.4 Å². The van der Waals surface area contributed by atoms with E-state index in [4.69, 9.17) is 0 Å². The van der Waals surface area contributed by atoms with Crippen molar-refractivity contribution in [3.05, 3.63) is 28.5 Å². The van der Waals surface area contributed by atoms with Gasteiger partial charge in [-0.2, -0.15) is 0 Å². The minimum atomic E-state index is 0.172. The Kier molecular flexibility index (Phi) is 6.00. The number of hydrogen-bond acceptors (Lipinski definition) is 2. The lowest BCUT2D eigenvalue weighted by atomic mass is 9.76. The number of rotatable bonds is 6. The molecule has 0 spiro atoms. The largest absolute Gasteiger partial charge is 0.312 e. The molecule has 1 heterocycles. The summed E-state index contributed by atoms with van der Waals surface area (Å²) in [6.07, 6.45) is 7.27. The van der Waals surface area contributed by atoms with E-state index in [1.165, 1.54) is 18.4 Å². The standard InChI is InChI=1S/C16H27BrN2/c1-6-16(7-2,12-19-15(3,4)5)9-13-8-14(17)11-18-10-13/h8,10-11,19H,6-7,9,12H2,1-5H3. The zero-order valence-electron chi connectivity index (χ0n) is 12.9. The third kappa shape index (κ3) is 5.62. The summed E-state index contributed by atoms with van der Waals surface area (Å²) >= 11 is 3.51. The molecule has 0 aliphatic carbocycles. The van der Waals surface area contributed by atoms with Crippen molar-refractivity contribution in [2.75, 3.05) is 6.54 Å². The molecule has 0 aliphatic heterocycles. The Hall–Kier alpha value is -0.410. The molecule has 0 bridgehead atoms. The molecule has 0 saturated heterocycles. The van der Waals surface area contributed by atoms with Gasteiger partial charge in [-0.25, -0.2) is 0 Å². The van der Waals surface area contributed by atoms with Crippen molar-refractivity contribution in [1.29, 1.82) is 0 Å². The molecule has 19 heavy (non-hydrogen) atoms. The summed E-state index contributed by atoms with van der Waals surface area (Å²) in [7, 11) is 0. The molecular formula is C16H27BrN2. The van der Waals surface area contributed by atoms with Crippen LogP contribution in [0.4, 0.5) is 0 Å². The van der Waals surface area contributed by atoms with Gasteiger partial charge in [-0.05, 0) is 73.0 Å².